The lowest BCUT2D eigenvalue weighted by molar-refractivity contribution is 0.881. The molecule has 0 aliphatic rings. The van der Waals surface area contributed by atoms with Crippen LogP contribution < -0.4 is 0 Å². The molecule has 0 radical (unpaired) electrons. The molecule has 1 heterocycles. The van der Waals surface area contributed by atoms with Crippen LogP contribution in [0.25, 0.3) is 59.8 Å². The molecule has 0 N–H and O–H groups in total. The van der Waals surface area contributed by atoms with Crippen molar-refractivity contribution in [3.05, 3.63) is 151 Å². The average molecular weight is 511 g/mol. The molecule has 0 aliphatic heterocycles. The first kappa shape index (κ1) is 22.7. The van der Waals surface area contributed by atoms with Gasteiger partial charge in [-0.1, -0.05) is 109 Å². The maximum atomic E-state index is 4.67. The topological polar surface area (TPSA) is 17.3 Å². The third-order valence-corrected chi connectivity index (χ3v) is 8.29. The summed E-state index contributed by atoms with van der Waals surface area (Å²) in [5, 5.41) is 10.1. The molecule has 40 heavy (non-hydrogen) atoms. The number of fused-ring (bicyclic) bond motifs is 9. The number of aromatic nitrogens is 1. The second-order valence-corrected chi connectivity index (χ2v) is 10.4. The van der Waals surface area contributed by atoms with Gasteiger partial charge in [0.25, 0.3) is 0 Å². The van der Waals surface area contributed by atoms with Crippen LogP contribution in [-0.2, 0) is 0 Å². The van der Waals surface area contributed by atoms with Gasteiger partial charge in [0.15, 0.2) is 0 Å². The summed E-state index contributed by atoms with van der Waals surface area (Å²) < 4.78 is 2.36. The van der Waals surface area contributed by atoms with Crippen molar-refractivity contribution in [1.29, 1.82) is 0 Å². The van der Waals surface area contributed by atoms with Crippen molar-refractivity contribution in [2.45, 2.75) is 6.04 Å². The Balaban J connectivity index is 1.32. The lowest BCUT2D eigenvalue weighted by Gasteiger charge is -2.17. The molecular formula is C38H26N2. The predicted octanol–water partition coefficient (Wildman–Crippen LogP) is 10.0. The molecule has 1 unspecified atom stereocenters. The maximum absolute atomic E-state index is 4.67. The SMILES string of the molecule is C=NC(c1cccc(-n2c3ccccc3c3ccccc32)c1)c1ccc2c3ccccc3c3ccccc3c2c1. The average Bonchev–Trinajstić information content (AvgIpc) is 3.36. The first-order valence-corrected chi connectivity index (χ1v) is 13.7. The van der Waals surface area contributed by atoms with Crippen molar-refractivity contribution in [3.63, 3.8) is 0 Å². The number of hydrogen-bond donors (Lipinski definition) is 0. The third-order valence-electron chi connectivity index (χ3n) is 8.29. The van der Waals surface area contributed by atoms with Crippen LogP contribution in [0, 0.1) is 0 Å². The number of benzene rings is 7. The summed E-state index contributed by atoms with van der Waals surface area (Å²) in [6.45, 7) is 4.04. The molecule has 7 aromatic carbocycles. The quantitative estimate of drug-likeness (QED) is 0.166. The van der Waals surface area contributed by atoms with E-state index in [1.807, 2.05) is 0 Å². The Kier molecular flexibility index (Phi) is 5.08. The molecule has 2 nitrogen and oxygen atoms in total. The predicted molar refractivity (Wildman–Crippen MR) is 171 cm³/mol. The summed E-state index contributed by atoms with van der Waals surface area (Å²) in [5.41, 5.74) is 5.79. The highest BCUT2D eigenvalue weighted by molar-refractivity contribution is 6.25. The normalized spacial score (nSPS) is 12.5. The van der Waals surface area contributed by atoms with Crippen LogP contribution in [-0.4, -0.2) is 11.3 Å². The summed E-state index contributed by atoms with van der Waals surface area (Å²) in [6.07, 6.45) is 0. The van der Waals surface area contributed by atoms with E-state index < -0.39 is 0 Å². The van der Waals surface area contributed by atoms with Crippen LogP contribution >= 0.6 is 0 Å². The molecule has 1 atom stereocenters. The Morgan fingerprint density at radius 3 is 1.48 bits per heavy atom. The summed E-state index contributed by atoms with van der Waals surface area (Å²) in [6, 6.07) is 50.0. The minimum Gasteiger partial charge on any atom is -0.309 e. The highest BCUT2D eigenvalue weighted by atomic mass is 15.0. The van der Waals surface area contributed by atoms with Crippen LogP contribution in [0.15, 0.2) is 145 Å². The van der Waals surface area contributed by atoms with Crippen molar-refractivity contribution in [3.8, 4) is 5.69 Å². The molecule has 8 aromatic rings. The van der Waals surface area contributed by atoms with E-state index in [4.69, 9.17) is 0 Å². The largest absolute Gasteiger partial charge is 0.309 e. The van der Waals surface area contributed by atoms with Crippen molar-refractivity contribution in [2.24, 2.45) is 4.99 Å². The Morgan fingerprint density at radius 1 is 0.425 bits per heavy atom. The molecule has 8 rings (SSSR count). The van der Waals surface area contributed by atoms with Crippen molar-refractivity contribution in [1.82, 2.24) is 4.57 Å². The van der Waals surface area contributed by atoms with E-state index in [2.05, 4.69) is 156 Å². The molecule has 0 fully saturated rings. The second kappa shape index (κ2) is 8.93. The van der Waals surface area contributed by atoms with Gasteiger partial charge in [-0.3, -0.25) is 4.99 Å². The summed E-state index contributed by atoms with van der Waals surface area (Å²) in [5.74, 6) is 0. The Bertz CT molecular complexity index is 2160. The molecular weight excluding hydrogens is 484 g/mol. The summed E-state index contributed by atoms with van der Waals surface area (Å²) >= 11 is 0. The number of rotatable bonds is 4. The molecule has 0 saturated carbocycles. The second-order valence-electron chi connectivity index (χ2n) is 10.4. The Morgan fingerprint density at radius 2 is 0.900 bits per heavy atom. The van der Waals surface area contributed by atoms with Crippen molar-refractivity contribution < 1.29 is 0 Å². The van der Waals surface area contributed by atoms with Gasteiger partial charge in [0.2, 0.25) is 0 Å². The fourth-order valence-corrected chi connectivity index (χ4v) is 6.53. The van der Waals surface area contributed by atoms with Gasteiger partial charge in [0.1, 0.15) is 0 Å². The minimum absolute atomic E-state index is 0.178. The highest BCUT2D eigenvalue weighted by Gasteiger charge is 2.17. The van der Waals surface area contributed by atoms with E-state index in [0.717, 1.165) is 16.8 Å². The first-order chi connectivity index (χ1) is 19.8. The van der Waals surface area contributed by atoms with E-state index in [1.54, 1.807) is 0 Å². The van der Waals surface area contributed by atoms with E-state index in [-0.39, 0.29) is 6.04 Å². The fourth-order valence-electron chi connectivity index (χ4n) is 6.53. The van der Waals surface area contributed by atoms with E-state index in [9.17, 15) is 0 Å². The molecule has 0 aliphatic carbocycles. The molecule has 0 saturated heterocycles. The van der Waals surface area contributed by atoms with Gasteiger partial charge in [-0.05, 0) is 80.5 Å². The summed E-state index contributed by atoms with van der Waals surface area (Å²) in [4.78, 5) is 4.67. The standard InChI is InChI=1S/C38H26N2/c1-39-38(26-21-22-32-30-15-3-2-13-28(30)29-14-4-5-16-31(29)35(32)24-26)25-11-10-12-27(23-25)40-36-19-8-6-17-33(36)34-18-7-9-20-37(34)40/h2-24,38H,1H2. The summed E-state index contributed by atoms with van der Waals surface area (Å²) in [7, 11) is 0. The molecule has 0 bridgehead atoms. The van der Waals surface area contributed by atoms with Gasteiger partial charge >= 0.3 is 0 Å². The van der Waals surface area contributed by atoms with Crippen LogP contribution in [0.1, 0.15) is 17.2 Å². The number of aliphatic imine (C=N–C) groups is 1. The van der Waals surface area contributed by atoms with Crippen molar-refractivity contribution in [2.75, 3.05) is 0 Å². The lowest BCUT2D eigenvalue weighted by atomic mass is 9.91. The molecule has 0 spiro atoms. The van der Waals surface area contributed by atoms with Gasteiger partial charge in [-0.2, -0.15) is 0 Å². The van der Waals surface area contributed by atoms with Crippen LogP contribution in [0.5, 0.6) is 0 Å². The maximum Gasteiger partial charge on any atom is 0.0993 e. The fraction of sp³-hybridized carbons (Fsp3) is 0.0263. The molecule has 188 valence electrons. The highest BCUT2D eigenvalue weighted by Crippen LogP contribution is 2.38. The van der Waals surface area contributed by atoms with Gasteiger partial charge in [0.05, 0.1) is 17.1 Å². The zero-order chi connectivity index (χ0) is 26.6. The van der Waals surface area contributed by atoms with Gasteiger partial charge in [-0.25, -0.2) is 0 Å². The zero-order valence-electron chi connectivity index (χ0n) is 22.0. The van der Waals surface area contributed by atoms with Crippen LogP contribution in [0.4, 0.5) is 0 Å². The molecule has 2 heteroatoms. The monoisotopic (exact) mass is 510 g/mol. The lowest BCUT2D eigenvalue weighted by Crippen LogP contribution is -2.01. The van der Waals surface area contributed by atoms with E-state index in [0.29, 0.717) is 0 Å². The van der Waals surface area contributed by atoms with Crippen LogP contribution in [0.3, 0.4) is 0 Å². The number of nitrogens with zero attached hydrogens (tertiary/aromatic N) is 2. The van der Waals surface area contributed by atoms with Gasteiger partial charge in [-0.15, -0.1) is 0 Å². The Hall–Kier alpha value is -5.21. The Labute approximate surface area is 232 Å². The molecule has 1 aromatic heterocycles. The number of para-hydroxylation sites is 2. The zero-order valence-corrected chi connectivity index (χ0v) is 22.0. The smallest absolute Gasteiger partial charge is 0.0993 e. The van der Waals surface area contributed by atoms with Gasteiger partial charge in [0, 0.05) is 16.5 Å². The number of hydrogen-bond acceptors (Lipinski definition) is 1. The van der Waals surface area contributed by atoms with Gasteiger partial charge < -0.3 is 4.57 Å². The van der Waals surface area contributed by atoms with E-state index in [1.165, 1.54) is 54.1 Å². The molecule has 0 amide bonds. The van der Waals surface area contributed by atoms with Crippen LogP contribution in [0.2, 0.25) is 0 Å². The third kappa shape index (κ3) is 3.33. The van der Waals surface area contributed by atoms with E-state index >= 15 is 0 Å². The minimum atomic E-state index is -0.178. The first-order valence-electron chi connectivity index (χ1n) is 13.7. The van der Waals surface area contributed by atoms with Crippen molar-refractivity contribution >= 4 is 60.8 Å².